The Kier molecular flexibility index (Phi) is 8.19. The van der Waals surface area contributed by atoms with Gasteiger partial charge in [-0.15, -0.1) is 0 Å². The molecule has 2 heterocycles. The van der Waals surface area contributed by atoms with E-state index in [1.165, 1.54) is 6.42 Å². The van der Waals surface area contributed by atoms with Gasteiger partial charge in [-0.3, -0.25) is 19.5 Å². The quantitative estimate of drug-likeness (QED) is 0.658. The number of pyridine rings is 1. The van der Waals surface area contributed by atoms with Crippen LogP contribution in [0.4, 0.5) is 5.69 Å². The lowest BCUT2D eigenvalue weighted by atomic mass is 9.87. The highest BCUT2D eigenvalue weighted by Gasteiger charge is 2.38. The van der Waals surface area contributed by atoms with E-state index in [1.54, 1.807) is 17.3 Å². The Morgan fingerprint density at radius 1 is 1.11 bits per heavy atom. The van der Waals surface area contributed by atoms with E-state index >= 15 is 0 Å². The van der Waals surface area contributed by atoms with Crippen molar-refractivity contribution in [1.29, 1.82) is 0 Å². The molecule has 7 nitrogen and oxygen atoms in total. The zero-order valence-corrected chi connectivity index (χ0v) is 21.1. The fourth-order valence-corrected chi connectivity index (χ4v) is 4.90. The molecule has 0 bridgehead atoms. The van der Waals surface area contributed by atoms with E-state index in [0.29, 0.717) is 24.4 Å². The summed E-state index contributed by atoms with van der Waals surface area (Å²) in [5.74, 6) is -0.351. The second-order valence-corrected chi connectivity index (χ2v) is 10.6. The number of ether oxygens (including phenoxy) is 1. The van der Waals surface area contributed by atoms with Gasteiger partial charge in [-0.05, 0) is 42.0 Å². The normalized spacial score (nSPS) is 20.1. The van der Waals surface area contributed by atoms with Crippen LogP contribution in [0.1, 0.15) is 70.0 Å². The third kappa shape index (κ3) is 6.27. The van der Waals surface area contributed by atoms with Crippen LogP contribution in [0.15, 0.2) is 48.8 Å². The predicted molar refractivity (Wildman–Crippen MR) is 137 cm³/mol. The number of nitrogens with zero attached hydrogens (tertiary/aromatic N) is 2. The predicted octanol–water partition coefficient (Wildman–Crippen LogP) is 3.89. The standard InChI is InChI=1S/C28H38N4O3/c1-28(2,3)21-11-13-23(14-12-21)32(27(34)24-19-35-17-16-30-24)25(20-8-7-15-29-18-20)26(33)31-22-9-5-4-6-10-22/h7-8,11-15,18,22,24-25,30H,4-6,9-10,16-17,19H2,1-3H3,(H,31,33)/t24-,25?/m1/s1. The number of anilines is 1. The van der Waals surface area contributed by atoms with Crippen molar-refractivity contribution >= 4 is 17.5 Å². The smallest absolute Gasteiger partial charge is 0.248 e. The molecule has 0 spiro atoms. The number of carbonyl (C=O) groups is 2. The van der Waals surface area contributed by atoms with E-state index < -0.39 is 12.1 Å². The van der Waals surface area contributed by atoms with Gasteiger partial charge in [-0.1, -0.05) is 58.2 Å². The fraction of sp³-hybridized carbons (Fsp3) is 0.536. The summed E-state index contributed by atoms with van der Waals surface area (Å²) in [4.78, 5) is 33.7. The average molecular weight is 479 g/mol. The first-order valence-corrected chi connectivity index (χ1v) is 12.8. The molecular formula is C28H38N4O3. The first kappa shape index (κ1) is 25.3. The molecule has 2 atom stereocenters. The van der Waals surface area contributed by atoms with Crippen LogP contribution in [0.2, 0.25) is 0 Å². The maximum Gasteiger partial charge on any atom is 0.248 e. The highest BCUT2D eigenvalue weighted by atomic mass is 16.5. The zero-order chi connectivity index (χ0) is 24.8. The summed E-state index contributed by atoms with van der Waals surface area (Å²) in [6.07, 6.45) is 8.73. The second kappa shape index (κ2) is 11.3. The SMILES string of the molecule is CC(C)(C)c1ccc(N(C(=O)[C@H]2COCCN2)C(C(=O)NC2CCCCC2)c2cccnc2)cc1. The summed E-state index contributed by atoms with van der Waals surface area (Å²) in [6, 6.07) is 10.4. The van der Waals surface area contributed by atoms with Gasteiger partial charge in [0.25, 0.3) is 0 Å². The van der Waals surface area contributed by atoms with Crippen molar-refractivity contribution in [3.63, 3.8) is 0 Å². The molecule has 1 aliphatic heterocycles. The van der Waals surface area contributed by atoms with Crippen molar-refractivity contribution in [2.45, 2.75) is 76.4 Å². The van der Waals surface area contributed by atoms with E-state index in [2.05, 4.69) is 36.4 Å². The Morgan fingerprint density at radius 3 is 2.46 bits per heavy atom. The van der Waals surface area contributed by atoms with Crippen molar-refractivity contribution in [3.8, 4) is 0 Å². The molecule has 2 aromatic rings. The van der Waals surface area contributed by atoms with Crippen LogP contribution >= 0.6 is 0 Å². The Morgan fingerprint density at radius 2 is 1.86 bits per heavy atom. The average Bonchev–Trinajstić information content (AvgIpc) is 2.88. The van der Waals surface area contributed by atoms with Crippen LogP contribution in [-0.4, -0.2) is 48.6 Å². The van der Waals surface area contributed by atoms with Gasteiger partial charge in [0.1, 0.15) is 12.1 Å². The summed E-state index contributed by atoms with van der Waals surface area (Å²) in [5.41, 5.74) is 2.51. The molecule has 1 saturated heterocycles. The van der Waals surface area contributed by atoms with Crippen molar-refractivity contribution in [3.05, 3.63) is 59.9 Å². The van der Waals surface area contributed by atoms with Crippen LogP contribution in [0.5, 0.6) is 0 Å². The first-order chi connectivity index (χ1) is 16.8. The Hall–Kier alpha value is -2.77. The summed E-state index contributed by atoms with van der Waals surface area (Å²) >= 11 is 0. The molecule has 1 aromatic carbocycles. The molecule has 1 aliphatic carbocycles. The van der Waals surface area contributed by atoms with Gasteiger partial charge < -0.3 is 15.4 Å². The van der Waals surface area contributed by atoms with E-state index in [4.69, 9.17) is 4.74 Å². The van der Waals surface area contributed by atoms with Crippen molar-refractivity contribution < 1.29 is 14.3 Å². The van der Waals surface area contributed by atoms with Gasteiger partial charge in [0, 0.05) is 36.2 Å². The first-order valence-electron chi connectivity index (χ1n) is 12.8. The van der Waals surface area contributed by atoms with Gasteiger partial charge in [0.15, 0.2) is 0 Å². The molecule has 1 aromatic heterocycles. The van der Waals surface area contributed by atoms with Crippen molar-refractivity contribution in [2.75, 3.05) is 24.7 Å². The second-order valence-electron chi connectivity index (χ2n) is 10.6. The molecule has 2 amide bonds. The Balaban J connectivity index is 1.74. The number of hydrogen-bond donors (Lipinski definition) is 2. The van der Waals surface area contributed by atoms with Crippen LogP contribution in [0.3, 0.4) is 0 Å². The monoisotopic (exact) mass is 478 g/mol. The maximum absolute atomic E-state index is 14.0. The number of nitrogens with one attached hydrogen (secondary N) is 2. The summed E-state index contributed by atoms with van der Waals surface area (Å²) in [5, 5.41) is 6.52. The van der Waals surface area contributed by atoms with Gasteiger partial charge in [-0.2, -0.15) is 0 Å². The number of benzene rings is 1. The number of aromatic nitrogens is 1. The Labute approximate surface area is 208 Å². The number of hydrogen-bond acceptors (Lipinski definition) is 5. The minimum Gasteiger partial charge on any atom is -0.378 e. The molecule has 2 N–H and O–H groups in total. The lowest BCUT2D eigenvalue weighted by molar-refractivity contribution is -0.129. The lowest BCUT2D eigenvalue weighted by Gasteiger charge is -2.36. The summed E-state index contributed by atoms with van der Waals surface area (Å²) < 4.78 is 5.60. The Bertz CT molecular complexity index is 976. The van der Waals surface area contributed by atoms with Gasteiger partial charge in [0.2, 0.25) is 11.8 Å². The van der Waals surface area contributed by atoms with E-state index in [1.807, 2.05) is 36.4 Å². The van der Waals surface area contributed by atoms with Crippen LogP contribution < -0.4 is 15.5 Å². The van der Waals surface area contributed by atoms with E-state index in [0.717, 1.165) is 31.2 Å². The molecule has 0 radical (unpaired) electrons. The minimum absolute atomic E-state index is 0.0206. The highest BCUT2D eigenvalue weighted by molar-refractivity contribution is 6.03. The van der Waals surface area contributed by atoms with E-state index in [-0.39, 0.29) is 29.9 Å². The molecule has 35 heavy (non-hydrogen) atoms. The fourth-order valence-electron chi connectivity index (χ4n) is 4.90. The number of amides is 2. The minimum atomic E-state index is -0.831. The molecule has 1 unspecified atom stereocenters. The van der Waals surface area contributed by atoms with Crippen LogP contribution in [0, 0.1) is 0 Å². The van der Waals surface area contributed by atoms with Gasteiger partial charge in [0.05, 0.1) is 13.2 Å². The molecule has 188 valence electrons. The molecule has 4 rings (SSSR count). The summed E-state index contributed by atoms with van der Waals surface area (Å²) in [7, 11) is 0. The van der Waals surface area contributed by atoms with Gasteiger partial charge in [-0.25, -0.2) is 0 Å². The van der Waals surface area contributed by atoms with Crippen LogP contribution in [0.25, 0.3) is 0 Å². The zero-order valence-electron chi connectivity index (χ0n) is 21.1. The third-order valence-electron chi connectivity index (χ3n) is 6.93. The number of morpholine rings is 1. The summed E-state index contributed by atoms with van der Waals surface area (Å²) in [6.45, 7) is 7.91. The molecule has 1 saturated carbocycles. The van der Waals surface area contributed by atoms with Crippen molar-refractivity contribution in [1.82, 2.24) is 15.6 Å². The number of carbonyl (C=O) groups excluding carboxylic acids is 2. The largest absolute Gasteiger partial charge is 0.378 e. The van der Waals surface area contributed by atoms with E-state index in [9.17, 15) is 9.59 Å². The molecule has 7 heteroatoms. The van der Waals surface area contributed by atoms with Gasteiger partial charge >= 0.3 is 0 Å². The topological polar surface area (TPSA) is 83.6 Å². The molecule has 2 aliphatic rings. The maximum atomic E-state index is 14.0. The van der Waals surface area contributed by atoms with Crippen molar-refractivity contribution in [2.24, 2.45) is 0 Å². The molecular weight excluding hydrogens is 440 g/mol. The molecule has 2 fully saturated rings. The van der Waals surface area contributed by atoms with Crippen LogP contribution in [-0.2, 0) is 19.7 Å². The lowest BCUT2D eigenvalue weighted by Crippen LogP contribution is -2.56. The third-order valence-corrected chi connectivity index (χ3v) is 6.93. The number of rotatable bonds is 6. The highest BCUT2D eigenvalue weighted by Crippen LogP contribution is 2.32.